The lowest BCUT2D eigenvalue weighted by atomic mass is 10.1. The summed E-state index contributed by atoms with van der Waals surface area (Å²) in [5, 5.41) is 8.91. The van der Waals surface area contributed by atoms with E-state index in [-0.39, 0.29) is 6.42 Å². The number of hydrogen-bond acceptors (Lipinski definition) is 3. The van der Waals surface area contributed by atoms with Crippen molar-refractivity contribution < 1.29 is 9.90 Å². The Balaban J connectivity index is 2.75. The van der Waals surface area contributed by atoms with E-state index in [9.17, 15) is 4.79 Å². The minimum Gasteiger partial charge on any atom is -0.481 e. The predicted molar refractivity (Wildman–Crippen MR) is 49.6 cm³/mol. The number of nitrogen functional groups attached to an aromatic ring is 1. The number of pyridine rings is 1. The highest BCUT2D eigenvalue weighted by Crippen LogP contribution is 2.16. The van der Waals surface area contributed by atoms with Crippen LogP contribution in [0, 0.1) is 0 Å². The minimum atomic E-state index is -0.862. The molecule has 0 aliphatic rings. The number of carboxylic acids is 1. The van der Waals surface area contributed by atoms with Gasteiger partial charge in [0.05, 0.1) is 5.02 Å². The molecular weight excluding hydrogens is 192 g/mol. The highest BCUT2D eigenvalue weighted by atomic mass is 35.5. The van der Waals surface area contributed by atoms with Gasteiger partial charge in [-0.15, -0.1) is 0 Å². The van der Waals surface area contributed by atoms with Gasteiger partial charge in [-0.3, -0.25) is 4.79 Å². The molecule has 0 saturated carbocycles. The molecule has 0 aliphatic heterocycles. The fourth-order valence-electron chi connectivity index (χ4n) is 0.934. The fraction of sp³-hybridized carbons (Fsp3) is 0.250. The Labute approximate surface area is 80.3 Å². The summed E-state index contributed by atoms with van der Waals surface area (Å²) < 4.78 is 0. The van der Waals surface area contributed by atoms with E-state index in [1.165, 1.54) is 6.20 Å². The molecule has 0 aliphatic carbocycles. The van der Waals surface area contributed by atoms with Gasteiger partial charge in [-0.05, 0) is 18.1 Å². The van der Waals surface area contributed by atoms with Crippen LogP contribution in [-0.2, 0) is 11.2 Å². The molecule has 1 rings (SSSR count). The van der Waals surface area contributed by atoms with E-state index >= 15 is 0 Å². The highest BCUT2D eigenvalue weighted by Gasteiger charge is 2.04. The molecule has 0 unspecified atom stereocenters. The molecule has 0 atom stereocenters. The van der Waals surface area contributed by atoms with Crippen LogP contribution in [0.4, 0.5) is 5.82 Å². The van der Waals surface area contributed by atoms with E-state index in [2.05, 4.69) is 4.98 Å². The minimum absolute atomic E-state index is 0.0340. The van der Waals surface area contributed by atoms with Crippen LogP contribution in [-0.4, -0.2) is 16.1 Å². The normalized spacial score (nSPS) is 9.92. The summed E-state index contributed by atoms with van der Waals surface area (Å²) in [6, 6.07) is 1.63. The maximum atomic E-state index is 10.3. The summed E-state index contributed by atoms with van der Waals surface area (Å²) in [4.78, 5) is 14.1. The number of aryl methyl sites for hydroxylation is 1. The molecule has 3 N–H and O–H groups in total. The van der Waals surface area contributed by atoms with Crippen LogP contribution in [0.2, 0.25) is 5.02 Å². The van der Waals surface area contributed by atoms with Crippen LogP contribution in [0.3, 0.4) is 0 Å². The second-order valence-corrected chi connectivity index (χ2v) is 3.03. The highest BCUT2D eigenvalue weighted by molar-refractivity contribution is 6.30. The van der Waals surface area contributed by atoms with Crippen molar-refractivity contribution in [1.29, 1.82) is 0 Å². The van der Waals surface area contributed by atoms with Crippen molar-refractivity contribution in [2.24, 2.45) is 0 Å². The maximum Gasteiger partial charge on any atom is 0.303 e. The number of nitrogens with zero attached hydrogens (tertiary/aromatic N) is 1. The zero-order chi connectivity index (χ0) is 9.84. The quantitative estimate of drug-likeness (QED) is 0.772. The van der Waals surface area contributed by atoms with E-state index in [0.29, 0.717) is 22.8 Å². The summed E-state index contributed by atoms with van der Waals surface area (Å²) in [5.74, 6) is -0.523. The molecule has 1 aromatic rings. The number of anilines is 1. The standard InChI is InChI=1S/C8H9ClN2O2/c9-6-3-5(1-2-7(12)13)8(10)11-4-6/h3-4H,1-2H2,(H2,10,11)(H,12,13). The van der Waals surface area contributed by atoms with Crippen molar-refractivity contribution in [1.82, 2.24) is 4.98 Å². The van der Waals surface area contributed by atoms with Gasteiger partial charge >= 0.3 is 5.97 Å². The predicted octanol–water partition coefficient (Wildman–Crippen LogP) is 1.33. The number of rotatable bonds is 3. The van der Waals surface area contributed by atoms with E-state index in [4.69, 9.17) is 22.4 Å². The van der Waals surface area contributed by atoms with Crippen LogP contribution in [0.1, 0.15) is 12.0 Å². The number of aliphatic carboxylic acids is 1. The first-order valence-electron chi connectivity index (χ1n) is 3.71. The van der Waals surface area contributed by atoms with Gasteiger partial charge in [-0.2, -0.15) is 0 Å². The number of hydrogen-bond donors (Lipinski definition) is 2. The Kier molecular flexibility index (Phi) is 3.08. The Hall–Kier alpha value is -1.29. The summed E-state index contributed by atoms with van der Waals surface area (Å²) in [6.07, 6.45) is 1.82. The molecule has 0 radical (unpaired) electrons. The lowest BCUT2D eigenvalue weighted by molar-refractivity contribution is -0.136. The maximum absolute atomic E-state index is 10.3. The molecule has 0 saturated heterocycles. The molecule has 13 heavy (non-hydrogen) atoms. The second kappa shape index (κ2) is 4.09. The largest absolute Gasteiger partial charge is 0.481 e. The number of carboxylic acid groups (broad SMARTS) is 1. The Morgan fingerprint density at radius 1 is 1.69 bits per heavy atom. The molecule has 4 nitrogen and oxygen atoms in total. The second-order valence-electron chi connectivity index (χ2n) is 2.59. The Bertz CT molecular complexity index is 328. The van der Waals surface area contributed by atoms with Crippen LogP contribution >= 0.6 is 11.6 Å². The average Bonchev–Trinajstić information content (AvgIpc) is 2.06. The van der Waals surface area contributed by atoms with Gasteiger partial charge < -0.3 is 10.8 Å². The third-order valence-electron chi connectivity index (χ3n) is 1.58. The van der Waals surface area contributed by atoms with Crippen molar-refractivity contribution in [3.05, 3.63) is 22.8 Å². The van der Waals surface area contributed by atoms with Gasteiger partial charge in [-0.25, -0.2) is 4.98 Å². The zero-order valence-electron chi connectivity index (χ0n) is 6.83. The first-order chi connectivity index (χ1) is 6.09. The number of aromatic nitrogens is 1. The van der Waals surface area contributed by atoms with Crippen molar-refractivity contribution in [3.8, 4) is 0 Å². The van der Waals surface area contributed by atoms with Gasteiger partial charge in [0.1, 0.15) is 5.82 Å². The van der Waals surface area contributed by atoms with Crippen molar-refractivity contribution in [2.45, 2.75) is 12.8 Å². The smallest absolute Gasteiger partial charge is 0.303 e. The van der Waals surface area contributed by atoms with Gasteiger partial charge in [0.15, 0.2) is 0 Å². The van der Waals surface area contributed by atoms with Crippen LogP contribution in [0.25, 0.3) is 0 Å². The summed E-state index contributed by atoms with van der Waals surface area (Å²) >= 11 is 5.67. The van der Waals surface area contributed by atoms with E-state index in [0.717, 1.165) is 0 Å². The average molecular weight is 201 g/mol. The molecule has 0 spiro atoms. The third kappa shape index (κ3) is 2.91. The molecule has 1 aromatic heterocycles. The summed E-state index contributed by atoms with van der Waals surface area (Å²) in [7, 11) is 0. The van der Waals surface area contributed by atoms with E-state index < -0.39 is 5.97 Å². The molecule has 70 valence electrons. The van der Waals surface area contributed by atoms with Gasteiger partial charge in [0.2, 0.25) is 0 Å². The molecule has 0 fully saturated rings. The first-order valence-corrected chi connectivity index (χ1v) is 4.09. The molecule has 0 aromatic carbocycles. The summed E-state index contributed by atoms with van der Waals surface area (Å²) in [6.45, 7) is 0. The van der Waals surface area contributed by atoms with Crippen molar-refractivity contribution in [3.63, 3.8) is 0 Å². The topological polar surface area (TPSA) is 76.2 Å². The molecule has 1 heterocycles. The first kappa shape index (κ1) is 9.80. The number of nitrogens with two attached hydrogens (primary N) is 1. The van der Waals surface area contributed by atoms with Gasteiger partial charge in [0.25, 0.3) is 0 Å². The fourth-order valence-corrected chi connectivity index (χ4v) is 1.11. The third-order valence-corrected chi connectivity index (χ3v) is 1.78. The van der Waals surface area contributed by atoms with Crippen LogP contribution in [0.5, 0.6) is 0 Å². The monoisotopic (exact) mass is 200 g/mol. The Morgan fingerprint density at radius 2 is 2.38 bits per heavy atom. The molecule has 5 heteroatoms. The van der Waals surface area contributed by atoms with Crippen LogP contribution < -0.4 is 5.73 Å². The lowest BCUT2D eigenvalue weighted by Gasteiger charge is -2.02. The van der Waals surface area contributed by atoms with Gasteiger partial charge in [-0.1, -0.05) is 11.6 Å². The number of carbonyl (C=O) groups is 1. The SMILES string of the molecule is Nc1ncc(Cl)cc1CCC(=O)O. The zero-order valence-corrected chi connectivity index (χ0v) is 7.58. The van der Waals surface area contributed by atoms with Crippen LogP contribution in [0.15, 0.2) is 12.3 Å². The van der Waals surface area contributed by atoms with Gasteiger partial charge in [0, 0.05) is 12.6 Å². The lowest BCUT2D eigenvalue weighted by Crippen LogP contribution is -2.02. The summed E-state index contributed by atoms with van der Waals surface area (Å²) in [5.41, 5.74) is 6.19. The number of halogens is 1. The molecular formula is C8H9ClN2O2. The Morgan fingerprint density at radius 3 is 3.00 bits per heavy atom. The van der Waals surface area contributed by atoms with Crippen molar-refractivity contribution >= 4 is 23.4 Å². The van der Waals surface area contributed by atoms with Crippen molar-refractivity contribution in [2.75, 3.05) is 5.73 Å². The van der Waals surface area contributed by atoms with E-state index in [1.54, 1.807) is 6.07 Å². The van der Waals surface area contributed by atoms with E-state index in [1.807, 2.05) is 0 Å². The molecule has 0 amide bonds. The molecule has 0 bridgehead atoms.